The lowest BCUT2D eigenvalue weighted by Crippen LogP contribution is -2.30. The quantitative estimate of drug-likeness (QED) is 0.753. The van der Waals surface area contributed by atoms with E-state index in [2.05, 4.69) is 69.2 Å². The molecule has 1 aromatic heterocycles. The Labute approximate surface area is 145 Å². The normalized spacial score (nSPS) is 12.8. The second-order valence-electron chi connectivity index (χ2n) is 7.33. The summed E-state index contributed by atoms with van der Waals surface area (Å²) in [7, 11) is 0. The molecule has 0 aliphatic rings. The summed E-state index contributed by atoms with van der Waals surface area (Å²) in [6.45, 7) is 11.3. The maximum atomic E-state index is 14.0. The van der Waals surface area contributed by atoms with Gasteiger partial charge in [-0.2, -0.15) is 0 Å². The summed E-state index contributed by atoms with van der Waals surface area (Å²) in [6, 6.07) is 12.0. The zero-order valence-corrected chi connectivity index (χ0v) is 15.4. The van der Waals surface area contributed by atoms with Crippen molar-refractivity contribution in [2.45, 2.75) is 53.6 Å². The highest BCUT2D eigenvalue weighted by Gasteiger charge is 2.11. The predicted molar refractivity (Wildman–Crippen MR) is 99.3 cm³/mol. The van der Waals surface area contributed by atoms with E-state index in [0.717, 1.165) is 17.7 Å². The summed E-state index contributed by atoms with van der Waals surface area (Å²) in [5.74, 6) is 0.892. The number of hydrogen-bond acceptors (Lipinski definition) is 2. The van der Waals surface area contributed by atoms with Crippen LogP contribution >= 0.6 is 0 Å². The molecule has 0 aliphatic heterocycles. The number of hydrogen-bond donors (Lipinski definition) is 1. The second kappa shape index (κ2) is 8.39. The Morgan fingerprint density at radius 1 is 0.958 bits per heavy atom. The van der Waals surface area contributed by atoms with Crippen LogP contribution in [0.4, 0.5) is 4.39 Å². The molecular weight excluding hydrogens is 299 g/mol. The molecule has 2 rings (SSSR count). The van der Waals surface area contributed by atoms with Crippen molar-refractivity contribution in [2.24, 2.45) is 11.8 Å². The largest absolute Gasteiger partial charge is 0.308 e. The minimum atomic E-state index is -0.251. The highest BCUT2D eigenvalue weighted by Crippen LogP contribution is 2.20. The number of benzene rings is 1. The van der Waals surface area contributed by atoms with Gasteiger partial charge in [-0.05, 0) is 42.9 Å². The van der Waals surface area contributed by atoms with Gasteiger partial charge in [0.05, 0.1) is 11.4 Å². The molecule has 3 heteroatoms. The fourth-order valence-electron chi connectivity index (χ4n) is 2.55. The van der Waals surface area contributed by atoms with Crippen molar-refractivity contribution < 1.29 is 4.39 Å². The maximum Gasteiger partial charge on any atom is 0.146 e. The standard InChI is InChI=1S/C21H29FN2/c1-14(2)12-17-6-8-18(9-7-17)20-11-10-19(22)21(24-20)13-23-16(5)15(3)4/h6-11,14-16,23H,12-13H2,1-5H3/t16-/m1/s1. The monoisotopic (exact) mass is 328 g/mol. The first-order chi connectivity index (χ1) is 11.4. The molecule has 1 heterocycles. The molecule has 2 nitrogen and oxygen atoms in total. The van der Waals surface area contributed by atoms with E-state index in [-0.39, 0.29) is 5.82 Å². The van der Waals surface area contributed by atoms with Gasteiger partial charge in [0.15, 0.2) is 0 Å². The maximum absolute atomic E-state index is 14.0. The smallest absolute Gasteiger partial charge is 0.146 e. The van der Waals surface area contributed by atoms with Crippen molar-refractivity contribution in [3.8, 4) is 11.3 Å². The molecule has 0 fully saturated rings. The molecule has 1 aromatic carbocycles. The first kappa shape index (κ1) is 18.6. The summed E-state index contributed by atoms with van der Waals surface area (Å²) < 4.78 is 14.0. The van der Waals surface area contributed by atoms with Gasteiger partial charge < -0.3 is 5.32 Å². The Bertz CT molecular complexity index is 647. The van der Waals surface area contributed by atoms with Crippen LogP contribution in [-0.2, 0) is 13.0 Å². The lowest BCUT2D eigenvalue weighted by molar-refractivity contribution is 0.418. The fourth-order valence-corrected chi connectivity index (χ4v) is 2.55. The van der Waals surface area contributed by atoms with E-state index in [0.29, 0.717) is 30.1 Å². The summed E-state index contributed by atoms with van der Waals surface area (Å²) in [6.07, 6.45) is 1.07. The predicted octanol–water partition coefficient (Wildman–Crippen LogP) is 5.22. The van der Waals surface area contributed by atoms with E-state index in [1.807, 2.05) is 0 Å². The van der Waals surface area contributed by atoms with Crippen LogP contribution in [0.2, 0.25) is 0 Å². The molecule has 0 aliphatic carbocycles. The number of nitrogens with zero attached hydrogens (tertiary/aromatic N) is 1. The lowest BCUT2D eigenvalue weighted by atomic mass is 10.0. The number of nitrogens with one attached hydrogen (secondary N) is 1. The minimum absolute atomic E-state index is 0.251. The SMILES string of the molecule is CC(C)Cc1ccc(-c2ccc(F)c(CN[C@H](C)C(C)C)n2)cc1. The van der Waals surface area contributed by atoms with Gasteiger partial charge in [-0.25, -0.2) is 9.37 Å². The number of halogens is 1. The molecule has 24 heavy (non-hydrogen) atoms. The zero-order valence-electron chi connectivity index (χ0n) is 15.4. The van der Waals surface area contributed by atoms with Crippen LogP contribution in [0.15, 0.2) is 36.4 Å². The Kier molecular flexibility index (Phi) is 6.50. The van der Waals surface area contributed by atoms with Crippen LogP contribution in [-0.4, -0.2) is 11.0 Å². The zero-order chi connectivity index (χ0) is 17.7. The van der Waals surface area contributed by atoms with Gasteiger partial charge in [-0.1, -0.05) is 52.0 Å². The third-order valence-electron chi connectivity index (χ3n) is 4.40. The van der Waals surface area contributed by atoms with Crippen molar-refractivity contribution in [1.29, 1.82) is 0 Å². The van der Waals surface area contributed by atoms with Gasteiger partial charge in [-0.15, -0.1) is 0 Å². The van der Waals surface area contributed by atoms with Gasteiger partial charge >= 0.3 is 0 Å². The van der Waals surface area contributed by atoms with Gasteiger partial charge in [0.2, 0.25) is 0 Å². The second-order valence-corrected chi connectivity index (χ2v) is 7.33. The average molecular weight is 328 g/mol. The average Bonchev–Trinajstić information content (AvgIpc) is 2.54. The fraction of sp³-hybridized carbons (Fsp3) is 0.476. The van der Waals surface area contributed by atoms with Crippen LogP contribution in [0, 0.1) is 17.7 Å². The number of aromatic nitrogens is 1. The Hall–Kier alpha value is -1.74. The minimum Gasteiger partial charge on any atom is -0.308 e. The molecule has 0 saturated carbocycles. The first-order valence-corrected chi connectivity index (χ1v) is 8.85. The molecule has 0 amide bonds. The molecule has 0 spiro atoms. The van der Waals surface area contributed by atoms with Gasteiger partial charge in [-0.3, -0.25) is 0 Å². The number of pyridine rings is 1. The molecule has 130 valence electrons. The van der Waals surface area contributed by atoms with Crippen LogP contribution in [0.25, 0.3) is 11.3 Å². The Morgan fingerprint density at radius 3 is 2.21 bits per heavy atom. The summed E-state index contributed by atoms with van der Waals surface area (Å²) >= 11 is 0. The van der Waals surface area contributed by atoms with E-state index in [1.54, 1.807) is 6.07 Å². The Morgan fingerprint density at radius 2 is 1.62 bits per heavy atom. The molecular formula is C21H29FN2. The van der Waals surface area contributed by atoms with Crippen molar-refractivity contribution in [2.75, 3.05) is 0 Å². The van der Waals surface area contributed by atoms with Gasteiger partial charge in [0.1, 0.15) is 5.82 Å². The van der Waals surface area contributed by atoms with Crippen molar-refractivity contribution in [3.63, 3.8) is 0 Å². The molecule has 0 unspecified atom stereocenters. The lowest BCUT2D eigenvalue weighted by Gasteiger charge is -2.17. The van der Waals surface area contributed by atoms with E-state index < -0.39 is 0 Å². The van der Waals surface area contributed by atoms with Crippen molar-refractivity contribution >= 4 is 0 Å². The molecule has 2 aromatic rings. The molecule has 0 saturated heterocycles. The molecule has 1 N–H and O–H groups in total. The van der Waals surface area contributed by atoms with Crippen LogP contribution in [0.5, 0.6) is 0 Å². The molecule has 1 atom stereocenters. The summed E-state index contributed by atoms with van der Waals surface area (Å²) in [5.41, 5.74) is 3.65. The van der Waals surface area contributed by atoms with Crippen LogP contribution in [0.1, 0.15) is 45.9 Å². The number of rotatable bonds is 7. The third-order valence-corrected chi connectivity index (χ3v) is 4.40. The molecule has 0 radical (unpaired) electrons. The summed E-state index contributed by atoms with van der Waals surface area (Å²) in [4.78, 5) is 4.53. The van der Waals surface area contributed by atoms with Crippen LogP contribution in [0.3, 0.4) is 0 Å². The third kappa shape index (κ3) is 5.13. The van der Waals surface area contributed by atoms with E-state index in [9.17, 15) is 4.39 Å². The van der Waals surface area contributed by atoms with Crippen molar-refractivity contribution in [3.05, 3.63) is 53.5 Å². The Balaban J connectivity index is 2.15. The van der Waals surface area contributed by atoms with Crippen LogP contribution < -0.4 is 5.32 Å². The molecule has 0 bridgehead atoms. The van der Waals surface area contributed by atoms with E-state index in [4.69, 9.17) is 0 Å². The summed E-state index contributed by atoms with van der Waals surface area (Å²) in [5, 5.41) is 3.35. The van der Waals surface area contributed by atoms with Gasteiger partial charge in [0, 0.05) is 18.2 Å². The highest BCUT2D eigenvalue weighted by molar-refractivity contribution is 5.59. The first-order valence-electron chi connectivity index (χ1n) is 8.85. The van der Waals surface area contributed by atoms with Crippen molar-refractivity contribution in [1.82, 2.24) is 10.3 Å². The topological polar surface area (TPSA) is 24.9 Å². The van der Waals surface area contributed by atoms with Gasteiger partial charge in [0.25, 0.3) is 0 Å². The highest BCUT2D eigenvalue weighted by atomic mass is 19.1. The van der Waals surface area contributed by atoms with E-state index >= 15 is 0 Å². The van der Waals surface area contributed by atoms with E-state index in [1.165, 1.54) is 11.6 Å².